The van der Waals surface area contributed by atoms with E-state index in [9.17, 15) is 0 Å². The molecule has 1 aromatic heterocycles. The van der Waals surface area contributed by atoms with Crippen LogP contribution in [-0.4, -0.2) is 29.2 Å². The Hall–Kier alpha value is -0.940. The lowest BCUT2D eigenvalue weighted by atomic mass is 9.97. The number of ether oxygens (including phenoxy) is 2. The molecule has 1 aromatic rings. The van der Waals surface area contributed by atoms with Crippen molar-refractivity contribution in [2.45, 2.75) is 51.7 Å². The van der Waals surface area contributed by atoms with E-state index in [0.717, 1.165) is 6.42 Å². The smallest absolute Gasteiger partial charge is 0.221 e. The van der Waals surface area contributed by atoms with Crippen molar-refractivity contribution < 1.29 is 13.9 Å². The highest BCUT2D eigenvalue weighted by atomic mass is 16.7. The second-order valence-corrected chi connectivity index (χ2v) is 5.58. The van der Waals surface area contributed by atoms with Crippen molar-refractivity contribution in [1.82, 2.24) is 10.2 Å². The third-order valence-electron chi connectivity index (χ3n) is 2.80. The van der Waals surface area contributed by atoms with Crippen LogP contribution in [0.5, 0.6) is 0 Å². The van der Waals surface area contributed by atoms with E-state index >= 15 is 0 Å². The molecule has 0 N–H and O–H groups in total. The molecule has 0 spiro atoms. The molecule has 1 aliphatic heterocycles. The molecule has 2 heterocycles. The van der Waals surface area contributed by atoms with Gasteiger partial charge in [0.1, 0.15) is 0 Å². The first-order valence-corrected chi connectivity index (χ1v) is 6.00. The average Bonchev–Trinajstić information content (AvgIpc) is 2.83. The maximum absolute atomic E-state index is 5.62. The summed E-state index contributed by atoms with van der Waals surface area (Å²) in [7, 11) is 0. The molecule has 0 aromatic carbocycles. The second-order valence-electron chi connectivity index (χ2n) is 5.58. The van der Waals surface area contributed by atoms with Gasteiger partial charge in [0.25, 0.3) is 0 Å². The normalized spacial score (nSPS) is 19.8. The van der Waals surface area contributed by atoms with E-state index < -0.39 is 5.79 Å². The Morgan fingerprint density at radius 1 is 1.18 bits per heavy atom. The van der Waals surface area contributed by atoms with E-state index in [1.807, 2.05) is 6.92 Å². The predicted octanol–water partition coefficient (Wildman–Crippen LogP) is 2.06. The van der Waals surface area contributed by atoms with Crippen LogP contribution in [0.4, 0.5) is 0 Å². The largest absolute Gasteiger partial charge is 0.425 e. The molecule has 0 aliphatic carbocycles. The molecule has 1 fully saturated rings. The van der Waals surface area contributed by atoms with Gasteiger partial charge >= 0.3 is 0 Å². The summed E-state index contributed by atoms with van der Waals surface area (Å²) >= 11 is 0. The minimum absolute atomic E-state index is 0.102. The van der Waals surface area contributed by atoms with Crippen LogP contribution >= 0.6 is 0 Å². The Kier molecular flexibility index (Phi) is 3.23. The number of hydrogen-bond acceptors (Lipinski definition) is 5. The van der Waals surface area contributed by atoms with Gasteiger partial charge in [0, 0.05) is 18.3 Å². The van der Waals surface area contributed by atoms with Crippen LogP contribution in [0.2, 0.25) is 0 Å². The van der Waals surface area contributed by atoms with Crippen molar-refractivity contribution in [3.63, 3.8) is 0 Å². The Balaban J connectivity index is 1.93. The third kappa shape index (κ3) is 3.04. The third-order valence-corrected chi connectivity index (χ3v) is 2.80. The van der Waals surface area contributed by atoms with Crippen LogP contribution in [0.25, 0.3) is 0 Å². The van der Waals surface area contributed by atoms with Crippen molar-refractivity contribution in [2.75, 3.05) is 13.2 Å². The van der Waals surface area contributed by atoms with Gasteiger partial charge in [0.2, 0.25) is 11.8 Å². The van der Waals surface area contributed by atoms with Crippen LogP contribution in [0, 0.1) is 0 Å². The molecule has 96 valence electrons. The summed E-state index contributed by atoms with van der Waals surface area (Å²) < 4.78 is 16.7. The first kappa shape index (κ1) is 12.5. The zero-order valence-electron chi connectivity index (χ0n) is 10.9. The molecule has 0 radical (unpaired) electrons. The van der Waals surface area contributed by atoms with Gasteiger partial charge < -0.3 is 13.9 Å². The zero-order valence-corrected chi connectivity index (χ0v) is 10.9. The number of hydrogen-bond donors (Lipinski definition) is 0. The quantitative estimate of drug-likeness (QED) is 0.809. The highest BCUT2D eigenvalue weighted by Gasteiger charge is 2.31. The molecular weight excluding hydrogens is 220 g/mol. The molecule has 5 heteroatoms. The van der Waals surface area contributed by atoms with Crippen molar-refractivity contribution in [3.8, 4) is 0 Å². The van der Waals surface area contributed by atoms with Crippen LogP contribution in [0.3, 0.4) is 0 Å². The SMILES string of the molecule is CC1(CCc2nnc(C(C)(C)C)o2)OCCO1. The molecule has 17 heavy (non-hydrogen) atoms. The van der Waals surface area contributed by atoms with E-state index in [1.54, 1.807) is 0 Å². The average molecular weight is 240 g/mol. The molecule has 5 nitrogen and oxygen atoms in total. The fourth-order valence-corrected chi connectivity index (χ4v) is 1.69. The van der Waals surface area contributed by atoms with Gasteiger partial charge in [0.05, 0.1) is 13.2 Å². The predicted molar refractivity (Wildman–Crippen MR) is 61.6 cm³/mol. The number of aryl methyl sites for hydroxylation is 1. The maximum atomic E-state index is 5.62. The van der Waals surface area contributed by atoms with Crippen molar-refractivity contribution >= 4 is 0 Å². The van der Waals surface area contributed by atoms with E-state index in [0.29, 0.717) is 31.4 Å². The number of nitrogens with zero attached hydrogens (tertiary/aromatic N) is 2. The minimum Gasteiger partial charge on any atom is -0.425 e. The van der Waals surface area contributed by atoms with Crippen LogP contribution < -0.4 is 0 Å². The Morgan fingerprint density at radius 2 is 1.82 bits per heavy atom. The first-order valence-electron chi connectivity index (χ1n) is 6.00. The molecule has 0 amide bonds. The Bertz CT molecular complexity index is 375. The van der Waals surface area contributed by atoms with Crippen LogP contribution in [0.1, 0.15) is 45.9 Å². The summed E-state index contributed by atoms with van der Waals surface area (Å²) in [6.45, 7) is 9.42. The minimum atomic E-state index is -0.490. The van der Waals surface area contributed by atoms with E-state index in [4.69, 9.17) is 13.9 Å². The first-order chi connectivity index (χ1) is 7.89. The van der Waals surface area contributed by atoms with E-state index in [1.165, 1.54) is 0 Å². The van der Waals surface area contributed by atoms with Crippen LogP contribution in [-0.2, 0) is 21.3 Å². The molecule has 0 bridgehead atoms. The Labute approximate surface area is 102 Å². The van der Waals surface area contributed by atoms with Gasteiger partial charge in [-0.05, 0) is 6.92 Å². The van der Waals surface area contributed by atoms with Gasteiger partial charge in [-0.2, -0.15) is 0 Å². The summed E-state index contributed by atoms with van der Waals surface area (Å²) in [5.41, 5.74) is -0.102. The number of aromatic nitrogens is 2. The molecule has 1 aliphatic rings. The van der Waals surface area contributed by atoms with Gasteiger partial charge in [-0.25, -0.2) is 0 Å². The summed E-state index contributed by atoms with van der Waals surface area (Å²) in [5, 5.41) is 8.10. The zero-order chi connectivity index (χ0) is 12.5. The van der Waals surface area contributed by atoms with Crippen LogP contribution in [0.15, 0.2) is 4.42 Å². The van der Waals surface area contributed by atoms with Crippen molar-refractivity contribution in [2.24, 2.45) is 0 Å². The highest BCUT2D eigenvalue weighted by Crippen LogP contribution is 2.25. The lowest BCUT2D eigenvalue weighted by Gasteiger charge is -2.20. The standard InChI is InChI=1S/C12H20N2O3/c1-11(2,3)10-14-13-9(17-10)5-6-12(4)15-7-8-16-12/h5-8H2,1-4H3. The number of rotatable bonds is 3. The molecule has 0 atom stereocenters. The fourth-order valence-electron chi connectivity index (χ4n) is 1.69. The molecular formula is C12H20N2O3. The summed E-state index contributed by atoms with van der Waals surface area (Å²) in [6.07, 6.45) is 1.42. The lowest BCUT2D eigenvalue weighted by Crippen LogP contribution is -2.26. The van der Waals surface area contributed by atoms with Gasteiger partial charge in [-0.3, -0.25) is 0 Å². The summed E-state index contributed by atoms with van der Waals surface area (Å²) in [4.78, 5) is 0. The Morgan fingerprint density at radius 3 is 2.35 bits per heavy atom. The van der Waals surface area contributed by atoms with Gasteiger partial charge in [-0.1, -0.05) is 20.8 Å². The van der Waals surface area contributed by atoms with E-state index in [2.05, 4.69) is 31.0 Å². The van der Waals surface area contributed by atoms with Gasteiger partial charge in [-0.15, -0.1) is 10.2 Å². The van der Waals surface area contributed by atoms with E-state index in [-0.39, 0.29) is 5.41 Å². The molecule has 0 saturated carbocycles. The summed E-state index contributed by atoms with van der Waals surface area (Å²) in [6, 6.07) is 0. The topological polar surface area (TPSA) is 57.4 Å². The van der Waals surface area contributed by atoms with Crippen molar-refractivity contribution in [3.05, 3.63) is 11.8 Å². The highest BCUT2D eigenvalue weighted by molar-refractivity contribution is 4.96. The lowest BCUT2D eigenvalue weighted by molar-refractivity contribution is -0.146. The molecule has 2 rings (SSSR count). The molecule has 1 saturated heterocycles. The maximum Gasteiger partial charge on any atom is 0.221 e. The monoisotopic (exact) mass is 240 g/mol. The van der Waals surface area contributed by atoms with Gasteiger partial charge in [0.15, 0.2) is 5.79 Å². The molecule has 0 unspecified atom stereocenters. The van der Waals surface area contributed by atoms with Crippen molar-refractivity contribution in [1.29, 1.82) is 0 Å². The fraction of sp³-hybridized carbons (Fsp3) is 0.833. The second kappa shape index (κ2) is 4.38. The summed E-state index contributed by atoms with van der Waals surface area (Å²) in [5.74, 6) is 0.831.